The molecule has 5 rings (SSSR count). The lowest BCUT2D eigenvalue weighted by Gasteiger charge is -2.28. The molecule has 0 saturated heterocycles. The lowest BCUT2D eigenvalue weighted by molar-refractivity contribution is -0.148. The number of rotatable bonds is 4. The van der Waals surface area contributed by atoms with E-state index in [1.807, 2.05) is 36.4 Å². The van der Waals surface area contributed by atoms with Gasteiger partial charge >= 0.3 is 5.97 Å². The second-order valence-electron chi connectivity index (χ2n) is 7.29. The summed E-state index contributed by atoms with van der Waals surface area (Å²) in [6.07, 6.45) is 3.40. The molecular weight excluding hydrogens is 364 g/mol. The summed E-state index contributed by atoms with van der Waals surface area (Å²) in [7, 11) is 1.67. The zero-order chi connectivity index (χ0) is 19.8. The molecule has 3 aromatic rings. The number of fused-ring (bicyclic) bond motifs is 2. The minimum atomic E-state index is -0.442. The Morgan fingerprint density at radius 3 is 2.72 bits per heavy atom. The summed E-state index contributed by atoms with van der Waals surface area (Å²) in [5.41, 5.74) is 8.28. The first kappa shape index (κ1) is 17.8. The fourth-order valence-electron chi connectivity index (χ4n) is 4.17. The lowest BCUT2D eigenvalue weighted by atomic mass is 9.86. The van der Waals surface area contributed by atoms with E-state index in [1.165, 1.54) is 0 Å². The summed E-state index contributed by atoms with van der Waals surface area (Å²) in [5, 5.41) is 0. The Bertz CT molecular complexity index is 1120. The minimum absolute atomic E-state index is 0.206. The maximum absolute atomic E-state index is 12.4. The summed E-state index contributed by atoms with van der Waals surface area (Å²) in [4.78, 5) is 21.2. The zero-order valence-corrected chi connectivity index (χ0v) is 16.1. The van der Waals surface area contributed by atoms with E-state index in [2.05, 4.69) is 17.1 Å². The maximum Gasteiger partial charge on any atom is 0.311 e. The van der Waals surface area contributed by atoms with Gasteiger partial charge in [-0.1, -0.05) is 30.3 Å². The molecule has 2 aliphatic rings. The van der Waals surface area contributed by atoms with Crippen molar-refractivity contribution in [2.45, 2.75) is 25.7 Å². The van der Waals surface area contributed by atoms with Crippen LogP contribution < -0.4 is 0 Å². The summed E-state index contributed by atoms with van der Waals surface area (Å²) in [6.45, 7) is 1.09. The van der Waals surface area contributed by atoms with Crippen LogP contribution in [0.1, 0.15) is 45.0 Å². The quantitative estimate of drug-likeness (QED) is 0.643. The van der Waals surface area contributed by atoms with Gasteiger partial charge in [-0.15, -0.1) is 0 Å². The van der Waals surface area contributed by atoms with Gasteiger partial charge in [0.1, 0.15) is 0 Å². The van der Waals surface area contributed by atoms with Crippen molar-refractivity contribution in [2.24, 2.45) is 4.99 Å². The van der Waals surface area contributed by atoms with Crippen molar-refractivity contribution >= 4 is 11.7 Å². The highest BCUT2D eigenvalue weighted by atomic mass is 16.5. The van der Waals surface area contributed by atoms with E-state index < -0.39 is 6.10 Å². The fourth-order valence-corrected chi connectivity index (χ4v) is 4.17. The van der Waals surface area contributed by atoms with Gasteiger partial charge in [-0.25, -0.2) is 0 Å². The van der Waals surface area contributed by atoms with Crippen LogP contribution in [-0.4, -0.2) is 23.8 Å². The molecule has 5 heteroatoms. The van der Waals surface area contributed by atoms with E-state index in [9.17, 15) is 4.79 Å². The van der Waals surface area contributed by atoms with Crippen molar-refractivity contribution < 1.29 is 14.3 Å². The molecule has 2 aliphatic heterocycles. The number of carbonyl (C=O) groups excluding carboxylic acids is 1. The van der Waals surface area contributed by atoms with Crippen molar-refractivity contribution in [1.82, 2.24) is 4.98 Å². The standard InChI is InChI=1S/C24H20N2O3/c1-28-14-16-4-2-3-5-19(16)24-21-12-20-18(10-17(21)11-22(27)29-24)13-26-23(20)15-6-8-25-9-7-15/h2-10,12,24H,11,13-14H2,1H3. The predicted octanol–water partition coefficient (Wildman–Crippen LogP) is 3.77. The van der Waals surface area contributed by atoms with Crippen LogP contribution in [0.15, 0.2) is 65.9 Å². The first-order valence-electron chi connectivity index (χ1n) is 9.61. The Kier molecular flexibility index (Phi) is 4.45. The van der Waals surface area contributed by atoms with E-state index in [0.29, 0.717) is 13.2 Å². The zero-order valence-electron chi connectivity index (χ0n) is 16.1. The van der Waals surface area contributed by atoms with E-state index in [0.717, 1.165) is 44.7 Å². The number of carbonyl (C=O) groups is 1. The first-order chi connectivity index (χ1) is 14.2. The number of pyridine rings is 1. The topological polar surface area (TPSA) is 60.8 Å². The number of cyclic esters (lactones) is 1. The average molecular weight is 384 g/mol. The van der Waals surface area contributed by atoms with Gasteiger partial charge in [0.05, 0.1) is 25.3 Å². The summed E-state index contributed by atoms with van der Waals surface area (Å²) >= 11 is 0. The summed E-state index contributed by atoms with van der Waals surface area (Å²) in [5.74, 6) is -0.206. The lowest BCUT2D eigenvalue weighted by Crippen LogP contribution is -2.24. The second kappa shape index (κ2) is 7.26. The van der Waals surface area contributed by atoms with Crippen LogP contribution in [0.25, 0.3) is 0 Å². The number of esters is 1. The molecule has 0 amide bonds. The summed E-state index contributed by atoms with van der Waals surface area (Å²) in [6, 6.07) is 16.2. The molecule has 1 aromatic heterocycles. The van der Waals surface area contributed by atoms with Crippen LogP contribution in [0, 0.1) is 0 Å². The molecule has 0 N–H and O–H groups in total. The van der Waals surface area contributed by atoms with E-state index in [-0.39, 0.29) is 12.4 Å². The van der Waals surface area contributed by atoms with E-state index in [1.54, 1.807) is 19.5 Å². The Morgan fingerprint density at radius 2 is 1.90 bits per heavy atom. The van der Waals surface area contributed by atoms with Crippen molar-refractivity contribution in [2.75, 3.05) is 7.11 Å². The molecule has 3 heterocycles. The number of benzene rings is 2. The van der Waals surface area contributed by atoms with Gasteiger partial charge in [-0.2, -0.15) is 0 Å². The van der Waals surface area contributed by atoms with Gasteiger partial charge in [-0.3, -0.25) is 14.8 Å². The normalized spacial score (nSPS) is 17.3. The SMILES string of the molecule is COCc1ccccc1C1OC(=O)Cc2cc3c(cc21)C(c1ccncc1)=NC3. The number of methoxy groups -OCH3 is 1. The first-order valence-corrected chi connectivity index (χ1v) is 9.61. The molecule has 0 fully saturated rings. The molecule has 1 atom stereocenters. The molecule has 0 bridgehead atoms. The molecule has 0 radical (unpaired) electrons. The van der Waals surface area contributed by atoms with E-state index >= 15 is 0 Å². The third kappa shape index (κ3) is 3.13. The monoisotopic (exact) mass is 384 g/mol. The molecule has 5 nitrogen and oxygen atoms in total. The number of aliphatic imine (C=N–C) groups is 1. The van der Waals surface area contributed by atoms with Crippen LogP contribution in [0.3, 0.4) is 0 Å². The Labute approximate surface area is 169 Å². The van der Waals surface area contributed by atoms with Crippen LogP contribution in [-0.2, 0) is 33.8 Å². The third-order valence-electron chi connectivity index (χ3n) is 5.49. The Hall–Kier alpha value is -3.31. The molecule has 0 spiro atoms. The van der Waals surface area contributed by atoms with Gasteiger partial charge in [0.2, 0.25) is 0 Å². The van der Waals surface area contributed by atoms with Crippen LogP contribution in [0.4, 0.5) is 0 Å². The average Bonchev–Trinajstić information content (AvgIpc) is 3.16. The minimum Gasteiger partial charge on any atom is -0.452 e. The highest BCUT2D eigenvalue weighted by Gasteiger charge is 2.32. The molecule has 1 unspecified atom stereocenters. The summed E-state index contributed by atoms with van der Waals surface area (Å²) < 4.78 is 11.2. The van der Waals surface area contributed by atoms with Crippen LogP contribution >= 0.6 is 0 Å². The number of aromatic nitrogens is 1. The van der Waals surface area contributed by atoms with Gasteiger partial charge in [0, 0.05) is 41.8 Å². The van der Waals surface area contributed by atoms with E-state index in [4.69, 9.17) is 14.5 Å². The highest BCUT2D eigenvalue weighted by molar-refractivity contribution is 6.15. The third-order valence-corrected chi connectivity index (χ3v) is 5.49. The number of nitrogens with zero attached hydrogens (tertiary/aromatic N) is 2. The second-order valence-corrected chi connectivity index (χ2v) is 7.29. The van der Waals surface area contributed by atoms with Gasteiger partial charge in [-0.05, 0) is 34.9 Å². The van der Waals surface area contributed by atoms with Crippen molar-refractivity contribution in [3.05, 3.63) is 99.9 Å². The van der Waals surface area contributed by atoms with Gasteiger partial charge in [0.25, 0.3) is 0 Å². The van der Waals surface area contributed by atoms with Gasteiger partial charge < -0.3 is 9.47 Å². The highest BCUT2D eigenvalue weighted by Crippen LogP contribution is 2.38. The number of hydrogen-bond acceptors (Lipinski definition) is 5. The molecule has 0 aliphatic carbocycles. The molecule has 0 saturated carbocycles. The number of ether oxygens (including phenoxy) is 2. The van der Waals surface area contributed by atoms with Crippen molar-refractivity contribution in [3.63, 3.8) is 0 Å². The molecule has 29 heavy (non-hydrogen) atoms. The van der Waals surface area contributed by atoms with Crippen molar-refractivity contribution in [1.29, 1.82) is 0 Å². The van der Waals surface area contributed by atoms with Crippen LogP contribution in [0.2, 0.25) is 0 Å². The molecule has 2 aromatic carbocycles. The smallest absolute Gasteiger partial charge is 0.311 e. The van der Waals surface area contributed by atoms with Gasteiger partial charge in [0.15, 0.2) is 6.10 Å². The maximum atomic E-state index is 12.4. The largest absolute Gasteiger partial charge is 0.452 e. The molecule has 144 valence electrons. The number of hydrogen-bond donors (Lipinski definition) is 0. The Morgan fingerprint density at radius 1 is 1.07 bits per heavy atom. The molecular formula is C24H20N2O3. The Balaban J connectivity index is 1.63. The predicted molar refractivity (Wildman–Crippen MR) is 109 cm³/mol. The van der Waals surface area contributed by atoms with Crippen LogP contribution in [0.5, 0.6) is 0 Å². The fraction of sp³-hybridized carbons (Fsp3) is 0.208. The van der Waals surface area contributed by atoms with Crippen molar-refractivity contribution in [3.8, 4) is 0 Å².